The lowest BCUT2D eigenvalue weighted by atomic mass is 10.2. The molecule has 0 aliphatic carbocycles. The van der Waals surface area contributed by atoms with Crippen LogP contribution in [0.3, 0.4) is 0 Å². The van der Waals surface area contributed by atoms with Gasteiger partial charge in [-0.15, -0.1) is 0 Å². The van der Waals surface area contributed by atoms with Gasteiger partial charge in [0.15, 0.2) is 5.56 Å². The number of methoxy groups -OCH3 is 1. The third-order valence-corrected chi connectivity index (χ3v) is 1.54. The molecule has 1 heterocycles. The Morgan fingerprint density at radius 1 is 1.57 bits per heavy atom. The quantitative estimate of drug-likeness (QED) is 0.708. The van der Waals surface area contributed by atoms with Crippen molar-refractivity contribution >= 4 is 5.97 Å². The first-order valence-electron chi connectivity index (χ1n) is 4.07. The first kappa shape index (κ1) is 10.5. The van der Waals surface area contributed by atoms with Crippen molar-refractivity contribution < 1.29 is 18.8 Å². The molecular formula is C8H11NO5. The standard InChI is InChI=1S/C8H11NO5/c1-3-13-7(10)6-5(4-12-2)9-14-8(6)11/h9H,3-4H2,1-2H3. The minimum atomic E-state index is -0.740. The highest BCUT2D eigenvalue weighted by Crippen LogP contribution is 2.04. The summed E-state index contributed by atoms with van der Waals surface area (Å²) >= 11 is 0. The molecule has 0 aliphatic rings. The van der Waals surface area contributed by atoms with Gasteiger partial charge in [0, 0.05) is 7.11 Å². The van der Waals surface area contributed by atoms with Crippen molar-refractivity contribution in [3.8, 4) is 0 Å². The number of esters is 1. The van der Waals surface area contributed by atoms with E-state index in [0.717, 1.165) is 0 Å². The number of hydrogen-bond acceptors (Lipinski definition) is 5. The summed E-state index contributed by atoms with van der Waals surface area (Å²) in [6.45, 7) is 1.96. The fraction of sp³-hybridized carbons (Fsp3) is 0.500. The average Bonchev–Trinajstić information content (AvgIpc) is 2.48. The van der Waals surface area contributed by atoms with Crippen molar-refractivity contribution in [2.75, 3.05) is 13.7 Å². The van der Waals surface area contributed by atoms with Crippen LogP contribution in [0.1, 0.15) is 23.0 Å². The van der Waals surface area contributed by atoms with Gasteiger partial charge in [-0.05, 0) is 6.92 Å². The zero-order valence-electron chi connectivity index (χ0n) is 7.96. The van der Waals surface area contributed by atoms with Crippen LogP contribution < -0.4 is 5.63 Å². The molecule has 0 saturated carbocycles. The van der Waals surface area contributed by atoms with Crippen LogP contribution in [-0.2, 0) is 16.1 Å². The van der Waals surface area contributed by atoms with Crippen LogP contribution in [0.5, 0.6) is 0 Å². The van der Waals surface area contributed by atoms with E-state index in [1.165, 1.54) is 7.11 Å². The maximum atomic E-state index is 11.3. The SMILES string of the molecule is CCOC(=O)c1c(COC)[nH]oc1=O. The van der Waals surface area contributed by atoms with Crippen LogP contribution in [0.15, 0.2) is 9.32 Å². The number of aromatic nitrogens is 1. The highest BCUT2D eigenvalue weighted by molar-refractivity contribution is 5.89. The Morgan fingerprint density at radius 3 is 2.86 bits per heavy atom. The van der Waals surface area contributed by atoms with Crippen LogP contribution in [0.2, 0.25) is 0 Å². The third kappa shape index (κ3) is 2.02. The topological polar surface area (TPSA) is 81.5 Å². The Bertz CT molecular complexity index is 364. The van der Waals surface area contributed by atoms with Gasteiger partial charge in [-0.2, -0.15) is 0 Å². The molecule has 0 fully saturated rings. The molecule has 0 bridgehead atoms. The normalized spacial score (nSPS) is 10.1. The van der Waals surface area contributed by atoms with Gasteiger partial charge in [-0.25, -0.2) is 14.7 Å². The summed E-state index contributed by atoms with van der Waals surface area (Å²) in [5.74, 6) is -0.699. The van der Waals surface area contributed by atoms with Crippen molar-refractivity contribution in [1.82, 2.24) is 5.16 Å². The Kier molecular flexibility index (Phi) is 3.47. The summed E-state index contributed by atoms with van der Waals surface area (Å²) in [6.07, 6.45) is 0. The van der Waals surface area contributed by atoms with E-state index in [0.29, 0.717) is 0 Å². The third-order valence-electron chi connectivity index (χ3n) is 1.54. The first-order valence-corrected chi connectivity index (χ1v) is 4.07. The summed E-state index contributed by atoms with van der Waals surface area (Å²) in [4.78, 5) is 22.3. The maximum absolute atomic E-state index is 11.3. The molecule has 0 amide bonds. The van der Waals surface area contributed by atoms with Gasteiger partial charge in [0.1, 0.15) is 0 Å². The first-order chi connectivity index (χ1) is 6.70. The van der Waals surface area contributed by atoms with Gasteiger partial charge in [-0.3, -0.25) is 0 Å². The predicted molar refractivity (Wildman–Crippen MR) is 46.0 cm³/mol. The van der Waals surface area contributed by atoms with Crippen molar-refractivity contribution in [1.29, 1.82) is 0 Å². The van der Waals surface area contributed by atoms with Gasteiger partial charge in [0.05, 0.1) is 18.9 Å². The van der Waals surface area contributed by atoms with Crippen LogP contribution in [0, 0.1) is 0 Å². The molecule has 0 atom stereocenters. The van der Waals surface area contributed by atoms with Crippen LogP contribution in [-0.4, -0.2) is 24.8 Å². The second-order valence-corrected chi connectivity index (χ2v) is 2.50. The Labute approximate surface area is 79.8 Å². The van der Waals surface area contributed by atoms with E-state index < -0.39 is 11.6 Å². The van der Waals surface area contributed by atoms with Crippen molar-refractivity contribution in [3.05, 3.63) is 21.7 Å². The zero-order valence-corrected chi connectivity index (χ0v) is 7.96. The summed E-state index contributed by atoms with van der Waals surface area (Å²) < 4.78 is 13.9. The highest BCUT2D eigenvalue weighted by atomic mass is 16.5. The van der Waals surface area contributed by atoms with E-state index in [1.54, 1.807) is 6.92 Å². The summed E-state index contributed by atoms with van der Waals surface area (Å²) in [5.41, 5.74) is -0.583. The van der Waals surface area contributed by atoms with Crippen molar-refractivity contribution in [2.45, 2.75) is 13.5 Å². The molecule has 0 aliphatic heterocycles. The van der Waals surface area contributed by atoms with Gasteiger partial charge in [-0.1, -0.05) is 0 Å². The number of nitrogens with one attached hydrogen (secondary N) is 1. The van der Waals surface area contributed by atoms with Gasteiger partial charge < -0.3 is 14.0 Å². The molecule has 0 aromatic carbocycles. The smallest absolute Gasteiger partial charge is 0.372 e. The molecule has 6 nitrogen and oxygen atoms in total. The Morgan fingerprint density at radius 2 is 2.29 bits per heavy atom. The van der Waals surface area contributed by atoms with E-state index in [2.05, 4.69) is 14.4 Å². The lowest BCUT2D eigenvalue weighted by Gasteiger charge is -1.99. The number of carbonyl (C=O) groups is 1. The number of aromatic amines is 1. The van der Waals surface area contributed by atoms with E-state index in [9.17, 15) is 9.59 Å². The largest absolute Gasteiger partial charge is 0.462 e. The molecule has 1 aromatic heterocycles. The number of ether oxygens (including phenoxy) is 2. The lowest BCUT2D eigenvalue weighted by Crippen LogP contribution is -2.15. The molecule has 0 unspecified atom stereocenters. The predicted octanol–water partition coefficient (Wildman–Crippen LogP) is 0.291. The minimum Gasteiger partial charge on any atom is -0.462 e. The Hall–Kier alpha value is -1.56. The lowest BCUT2D eigenvalue weighted by molar-refractivity contribution is 0.0519. The Balaban J connectivity index is 2.98. The van der Waals surface area contributed by atoms with Gasteiger partial charge in [0.2, 0.25) is 0 Å². The monoisotopic (exact) mass is 201 g/mol. The molecular weight excluding hydrogens is 190 g/mol. The second kappa shape index (κ2) is 4.61. The number of hydrogen-bond donors (Lipinski definition) is 1. The van der Waals surface area contributed by atoms with Crippen LogP contribution in [0.4, 0.5) is 0 Å². The second-order valence-electron chi connectivity index (χ2n) is 2.50. The summed E-state index contributed by atoms with van der Waals surface area (Å²) in [7, 11) is 1.44. The minimum absolute atomic E-state index is 0.0971. The van der Waals surface area contributed by atoms with E-state index in [-0.39, 0.29) is 24.5 Å². The molecule has 0 spiro atoms. The van der Waals surface area contributed by atoms with Crippen molar-refractivity contribution in [2.24, 2.45) is 0 Å². The number of carbonyl (C=O) groups excluding carboxylic acids is 1. The fourth-order valence-electron chi connectivity index (χ4n) is 0.989. The molecule has 78 valence electrons. The van der Waals surface area contributed by atoms with E-state index in [4.69, 9.17) is 4.74 Å². The van der Waals surface area contributed by atoms with Crippen molar-refractivity contribution in [3.63, 3.8) is 0 Å². The molecule has 6 heteroatoms. The van der Waals surface area contributed by atoms with Gasteiger partial charge >= 0.3 is 11.6 Å². The van der Waals surface area contributed by atoms with E-state index in [1.807, 2.05) is 0 Å². The molecule has 0 radical (unpaired) electrons. The van der Waals surface area contributed by atoms with E-state index >= 15 is 0 Å². The molecule has 1 N–H and O–H groups in total. The molecule has 1 rings (SSSR count). The number of H-pyrrole nitrogens is 1. The fourth-order valence-corrected chi connectivity index (χ4v) is 0.989. The van der Waals surface area contributed by atoms with Gasteiger partial charge in [0.25, 0.3) is 0 Å². The molecule has 1 aromatic rings. The summed E-state index contributed by atoms with van der Waals surface area (Å²) in [5, 5.41) is 2.30. The summed E-state index contributed by atoms with van der Waals surface area (Å²) in [6, 6.07) is 0. The number of rotatable bonds is 4. The van der Waals surface area contributed by atoms with Crippen LogP contribution >= 0.6 is 0 Å². The molecule has 0 saturated heterocycles. The molecule has 14 heavy (non-hydrogen) atoms. The van der Waals surface area contributed by atoms with Crippen LogP contribution in [0.25, 0.3) is 0 Å². The average molecular weight is 201 g/mol. The zero-order chi connectivity index (χ0) is 10.6. The highest BCUT2D eigenvalue weighted by Gasteiger charge is 2.20. The maximum Gasteiger partial charge on any atom is 0.372 e.